The van der Waals surface area contributed by atoms with Crippen LogP contribution in [0.1, 0.15) is 26.2 Å². The molecule has 1 fully saturated rings. The molecule has 102 valence electrons. The van der Waals surface area contributed by atoms with E-state index >= 15 is 0 Å². The first-order valence-electron chi connectivity index (χ1n) is 5.51. The van der Waals surface area contributed by atoms with Crippen molar-refractivity contribution in [1.29, 1.82) is 0 Å². The zero-order chi connectivity index (χ0) is 13.2. The Morgan fingerprint density at radius 3 is 2.47 bits per heavy atom. The van der Waals surface area contributed by atoms with E-state index in [-0.39, 0.29) is 23.9 Å². The molecule has 1 aliphatic rings. The number of hydrogen-bond acceptors (Lipinski definition) is 5. The summed E-state index contributed by atoms with van der Waals surface area (Å²) < 4.78 is 48.5. The van der Waals surface area contributed by atoms with Crippen LogP contribution in [0, 0.1) is 0 Å². The van der Waals surface area contributed by atoms with Gasteiger partial charge >= 0.3 is 0 Å². The van der Waals surface area contributed by atoms with Gasteiger partial charge in [0.05, 0.1) is 17.3 Å². The van der Waals surface area contributed by atoms with Gasteiger partial charge in [0.25, 0.3) is 0 Å². The highest BCUT2D eigenvalue weighted by Gasteiger charge is 2.40. The lowest BCUT2D eigenvalue weighted by Gasteiger charge is -2.23. The lowest BCUT2D eigenvalue weighted by atomic mass is 10.0. The molecule has 1 heterocycles. The van der Waals surface area contributed by atoms with E-state index in [2.05, 4.69) is 4.72 Å². The summed E-state index contributed by atoms with van der Waals surface area (Å²) in [5.41, 5.74) is -0.878. The van der Waals surface area contributed by atoms with Crippen molar-refractivity contribution in [2.24, 2.45) is 0 Å². The first kappa shape index (κ1) is 14.9. The van der Waals surface area contributed by atoms with Crippen LogP contribution in [0.4, 0.5) is 0 Å². The van der Waals surface area contributed by atoms with Crippen molar-refractivity contribution in [3.63, 3.8) is 0 Å². The van der Waals surface area contributed by atoms with Gasteiger partial charge in [-0.1, -0.05) is 0 Å². The van der Waals surface area contributed by atoms with Crippen molar-refractivity contribution >= 4 is 19.9 Å². The van der Waals surface area contributed by atoms with Crippen molar-refractivity contribution < 1.29 is 21.9 Å². The number of sulfone groups is 1. The van der Waals surface area contributed by atoms with Crippen LogP contribution in [0.2, 0.25) is 0 Å². The quantitative estimate of drug-likeness (QED) is 0.626. The van der Waals surface area contributed by atoms with E-state index in [9.17, 15) is 16.8 Å². The Bertz CT molecular complexity index is 456. The molecule has 1 unspecified atom stereocenters. The van der Waals surface area contributed by atoms with Gasteiger partial charge in [-0.15, -0.1) is 0 Å². The van der Waals surface area contributed by atoms with Crippen LogP contribution in [0.15, 0.2) is 0 Å². The van der Waals surface area contributed by atoms with Crippen molar-refractivity contribution in [1.82, 2.24) is 4.72 Å². The Kier molecular flexibility index (Phi) is 4.56. The summed E-state index contributed by atoms with van der Waals surface area (Å²) in [4.78, 5) is 0. The molecule has 0 amide bonds. The summed E-state index contributed by atoms with van der Waals surface area (Å²) in [5, 5.41) is 8.57. The third kappa shape index (κ3) is 4.90. The summed E-state index contributed by atoms with van der Waals surface area (Å²) in [5.74, 6) is -0.189. The average Bonchev–Trinajstić information content (AvgIpc) is 2.39. The highest BCUT2D eigenvalue weighted by molar-refractivity contribution is 7.92. The molecule has 1 saturated heterocycles. The monoisotopic (exact) mass is 285 g/mol. The molecule has 1 atom stereocenters. The van der Waals surface area contributed by atoms with Crippen LogP contribution in [-0.2, 0) is 19.9 Å². The van der Waals surface area contributed by atoms with E-state index in [4.69, 9.17) is 5.11 Å². The van der Waals surface area contributed by atoms with E-state index in [1.807, 2.05) is 0 Å². The maximum absolute atomic E-state index is 11.7. The van der Waals surface area contributed by atoms with Gasteiger partial charge in [-0.2, -0.15) is 0 Å². The molecular formula is C9H19NO5S2. The Morgan fingerprint density at radius 2 is 2.00 bits per heavy atom. The van der Waals surface area contributed by atoms with Crippen molar-refractivity contribution in [2.75, 3.05) is 23.9 Å². The zero-order valence-corrected chi connectivity index (χ0v) is 11.5. The number of aliphatic hydroxyl groups is 1. The number of aliphatic hydroxyl groups excluding tert-OH is 1. The molecule has 0 aromatic carbocycles. The van der Waals surface area contributed by atoms with Crippen molar-refractivity contribution in [3.8, 4) is 0 Å². The standard InChI is InChI=1S/C9H19NO5S2/c1-9(4-7-16(12,13)8-9)10-17(14,15)6-3-2-5-11/h10-11H,2-8H2,1H3. The lowest BCUT2D eigenvalue weighted by Crippen LogP contribution is -2.47. The maximum Gasteiger partial charge on any atom is 0.212 e. The van der Waals surface area contributed by atoms with Gasteiger partial charge < -0.3 is 5.11 Å². The first-order valence-corrected chi connectivity index (χ1v) is 8.98. The normalized spacial score (nSPS) is 28.4. The molecule has 0 aromatic rings. The molecule has 0 saturated carbocycles. The van der Waals surface area contributed by atoms with Gasteiger partial charge in [0.2, 0.25) is 10.0 Å². The second kappa shape index (κ2) is 5.21. The number of rotatable bonds is 6. The Balaban J connectivity index is 2.59. The third-order valence-corrected chi connectivity index (χ3v) is 6.26. The molecule has 1 rings (SSSR count). The molecule has 0 radical (unpaired) electrons. The van der Waals surface area contributed by atoms with Gasteiger partial charge in [-0.3, -0.25) is 0 Å². The first-order chi connectivity index (χ1) is 7.68. The fourth-order valence-electron chi connectivity index (χ4n) is 1.92. The highest BCUT2D eigenvalue weighted by Crippen LogP contribution is 2.23. The average molecular weight is 285 g/mol. The summed E-state index contributed by atoms with van der Waals surface area (Å²) in [6, 6.07) is 0. The molecular weight excluding hydrogens is 266 g/mol. The van der Waals surface area contributed by atoms with Gasteiger partial charge in [0.15, 0.2) is 9.84 Å². The van der Waals surface area contributed by atoms with Crippen molar-refractivity contribution in [2.45, 2.75) is 31.7 Å². The predicted molar refractivity (Wildman–Crippen MR) is 64.9 cm³/mol. The summed E-state index contributed by atoms with van der Waals surface area (Å²) in [6.45, 7) is 1.57. The maximum atomic E-state index is 11.7. The van der Waals surface area contributed by atoms with Gasteiger partial charge in [0, 0.05) is 12.1 Å². The second-order valence-corrected chi connectivity index (χ2v) is 8.78. The van der Waals surface area contributed by atoms with E-state index < -0.39 is 25.4 Å². The van der Waals surface area contributed by atoms with E-state index in [0.29, 0.717) is 19.3 Å². The van der Waals surface area contributed by atoms with Crippen LogP contribution >= 0.6 is 0 Å². The summed E-state index contributed by atoms with van der Waals surface area (Å²) in [6.07, 6.45) is 1.11. The summed E-state index contributed by atoms with van der Waals surface area (Å²) >= 11 is 0. The molecule has 2 N–H and O–H groups in total. The minimum Gasteiger partial charge on any atom is -0.396 e. The third-order valence-electron chi connectivity index (χ3n) is 2.73. The molecule has 0 spiro atoms. The van der Waals surface area contributed by atoms with Gasteiger partial charge in [-0.05, 0) is 26.2 Å². The lowest BCUT2D eigenvalue weighted by molar-refractivity contribution is 0.287. The fraction of sp³-hybridized carbons (Fsp3) is 1.00. The number of unbranched alkanes of at least 4 members (excludes halogenated alkanes) is 1. The van der Waals surface area contributed by atoms with Crippen LogP contribution in [-0.4, -0.2) is 51.3 Å². The minimum atomic E-state index is -3.47. The SMILES string of the molecule is CC1(NS(=O)(=O)CCCCO)CCS(=O)(=O)C1. The molecule has 17 heavy (non-hydrogen) atoms. The Labute approximate surface area is 102 Å². The number of hydrogen-bond donors (Lipinski definition) is 2. The van der Waals surface area contributed by atoms with Crippen LogP contribution in [0.5, 0.6) is 0 Å². The molecule has 0 aromatic heterocycles. The topological polar surface area (TPSA) is 101 Å². The Morgan fingerprint density at radius 1 is 1.35 bits per heavy atom. The molecule has 0 aliphatic carbocycles. The zero-order valence-electron chi connectivity index (χ0n) is 9.85. The predicted octanol–water partition coefficient (Wildman–Crippen LogP) is -0.744. The van der Waals surface area contributed by atoms with Gasteiger partial charge in [-0.25, -0.2) is 21.6 Å². The smallest absolute Gasteiger partial charge is 0.212 e. The van der Waals surface area contributed by atoms with E-state index in [1.54, 1.807) is 6.92 Å². The van der Waals surface area contributed by atoms with Crippen LogP contribution in [0.25, 0.3) is 0 Å². The summed E-state index contributed by atoms with van der Waals surface area (Å²) in [7, 11) is -6.59. The number of nitrogens with one attached hydrogen (secondary N) is 1. The van der Waals surface area contributed by atoms with E-state index in [0.717, 1.165) is 0 Å². The Hall–Kier alpha value is -0.180. The number of sulfonamides is 1. The van der Waals surface area contributed by atoms with Gasteiger partial charge in [0.1, 0.15) is 0 Å². The molecule has 0 bridgehead atoms. The van der Waals surface area contributed by atoms with Crippen molar-refractivity contribution in [3.05, 3.63) is 0 Å². The minimum absolute atomic E-state index is 0.0304. The van der Waals surface area contributed by atoms with E-state index in [1.165, 1.54) is 0 Å². The fourth-order valence-corrected chi connectivity index (χ4v) is 5.72. The molecule has 6 nitrogen and oxygen atoms in total. The second-order valence-electron chi connectivity index (χ2n) is 4.75. The molecule has 8 heteroatoms. The highest BCUT2D eigenvalue weighted by atomic mass is 32.2. The van der Waals surface area contributed by atoms with Crippen LogP contribution < -0.4 is 4.72 Å². The molecule has 1 aliphatic heterocycles. The largest absolute Gasteiger partial charge is 0.396 e. The van der Waals surface area contributed by atoms with Crippen LogP contribution in [0.3, 0.4) is 0 Å².